The molecule has 0 fully saturated rings. The van der Waals surface area contributed by atoms with E-state index in [-0.39, 0.29) is 5.95 Å². The lowest BCUT2D eigenvalue weighted by atomic mass is 10.1. The third-order valence-corrected chi connectivity index (χ3v) is 3.22. The second-order valence-corrected chi connectivity index (χ2v) is 4.39. The number of fused-ring (bicyclic) bond motifs is 1. The number of nitrogens with zero attached hydrogens (tertiary/aromatic N) is 5. The topological polar surface area (TPSA) is 98.3 Å². The zero-order chi connectivity index (χ0) is 13.6. The Hall–Kier alpha value is -2.44. The number of nitrogen functional groups attached to an aromatic ring is 1. The maximum atomic E-state index is 5.76. The zero-order valence-corrected chi connectivity index (χ0v) is 11.1. The lowest BCUT2D eigenvalue weighted by molar-refractivity contribution is 0.634. The summed E-state index contributed by atoms with van der Waals surface area (Å²) in [5, 5.41) is 4.51. The highest BCUT2D eigenvalue weighted by Crippen LogP contribution is 2.30. The molecule has 0 aliphatic heterocycles. The van der Waals surface area contributed by atoms with Crippen molar-refractivity contribution < 1.29 is 0 Å². The Morgan fingerprint density at radius 3 is 2.79 bits per heavy atom. The van der Waals surface area contributed by atoms with Gasteiger partial charge in [-0.15, -0.1) is 0 Å². The molecule has 0 atom stereocenters. The molecule has 0 aliphatic rings. The maximum Gasteiger partial charge on any atom is 0.222 e. The Bertz CT molecular complexity index is 753. The van der Waals surface area contributed by atoms with Crippen LogP contribution in [0.2, 0.25) is 0 Å². The monoisotopic (exact) mass is 257 g/mol. The van der Waals surface area contributed by atoms with Crippen LogP contribution >= 0.6 is 0 Å². The molecule has 3 heterocycles. The number of aryl methyl sites for hydroxylation is 2. The minimum atomic E-state index is 0.220. The van der Waals surface area contributed by atoms with Gasteiger partial charge in [-0.3, -0.25) is 4.68 Å². The van der Waals surface area contributed by atoms with Crippen LogP contribution in [-0.2, 0) is 6.54 Å². The summed E-state index contributed by atoms with van der Waals surface area (Å²) in [6.07, 6.45) is 1.59. The highest BCUT2D eigenvalue weighted by atomic mass is 15.3. The Balaban J connectivity index is 2.35. The van der Waals surface area contributed by atoms with Crippen molar-refractivity contribution in [2.45, 2.75) is 27.3 Å². The first-order chi connectivity index (χ1) is 9.11. The second kappa shape index (κ2) is 4.04. The van der Waals surface area contributed by atoms with Crippen LogP contribution in [0.3, 0.4) is 0 Å². The molecule has 0 radical (unpaired) electrons. The number of aromatic nitrogens is 6. The number of nitrogens with two attached hydrogens (primary N) is 1. The molecule has 0 aromatic carbocycles. The van der Waals surface area contributed by atoms with Gasteiger partial charge in [0.1, 0.15) is 11.2 Å². The van der Waals surface area contributed by atoms with Crippen LogP contribution in [0.4, 0.5) is 5.95 Å². The molecule has 98 valence electrons. The number of hydrogen-bond donors (Lipinski definition) is 2. The Kier molecular flexibility index (Phi) is 2.48. The Labute approximate surface area is 109 Å². The summed E-state index contributed by atoms with van der Waals surface area (Å²) >= 11 is 0. The van der Waals surface area contributed by atoms with Crippen molar-refractivity contribution in [2.75, 3.05) is 5.73 Å². The summed E-state index contributed by atoms with van der Waals surface area (Å²) in [6.45, 7) is 6.87. The van der Waals surface area contributed by atoms with Crippen LogP contribution < -0.4 is 5.73 Å². The van der Waals surface area contributed by atoms with E-state index in [1.807, 2.05) is 18.5 Å². The summed E-state index contributed by atoms with van der Waals surface area (Å²) in [5.74, 6) is 0.220. The van der Waals surface area contributed by atoms with E-state index in [2.05, 4.69) is 32.0 Å². The number of H-pyrrole nitrogens is 1. The predicted molar refractivity (Wildman–Crippen MR) is 72.5 cm³/mol. The molecule has 0 saturated carbocycles. The summed E-state index contributed by atoms with van der Waals surface area (Å²) in [6, 6.07) is 0. The molecule has 7 heteroatoms. The summed E-state index contributed by atoms with van der Waals surface area (Å²) in [4.78, 5) is 15.7. The Morgan fingerprint density at radius 1 is 1.32 bits per heavy atom. The van der Waals surface area contributed by atoms with Crippen LogP contribution in [0.5, 0.6) is 0 Å². The molecule has 0 amide bonds. The van der Waals surface area contributed by atoms with Gasteiger partial charge in [0.05, 0.1) is 12.0 Å². The van der Waals surface area contributed by atoms with Gasteiger partial charge in [0.2, 0.25) is 5.95 Å². The van der Waals surface area contributed by atoms with Gasteiger partial charge >= 0.3 is 0 Å². The van der Waals surface area contributed by atoms with Crippen LogP contribution in [-0.4, -0.2) is 29.7 Å². The fourth-order valence-corrected chi connectivity index (χ4v) is 2.38. The van der Waals surface area contributed by atoms with Gasteiger partial charge in [-0.05, 0) is 20.8 Å². The average Bonchev–Trinajstić information content (AvgIpc) is 2.93. The number of imidazole rings is 1. The van der Waals surface area contributed by atoms with Crippen molar-refractivity contribution in [3.05, 3.63) is 17.7 Å². The highest BCUT2D eigenvalue weighted by Gasteiger charge is 2.18. The zero-order valence-electron chi connectivity index (χ0n) is 11.1. The molecule has 0 bridgehead atoms. The largest absolute Gasteiger partial charge is 0.368 e. The molecule has 0 saturated heterocycles. The lowest BCUT2D eigenvalue weighted by Crippen LogP contribution is -2.00. The van der Waals surface area contributed by atoms with E-state index in [4.69, 9.17) is 5.73 Å². The standard InChI is InChI=1S/C12H15N7/c1-4-19-7(3)8(6(2)18-19)9-10-11(15-5-14-10)17-12(13)16-9/h5H,4H2,1-3H3,(H3,13,14,15,16,17). The molecule has 3 N–H and O–H groups in total. The van der Waals surface area contributed by atoms with Crippen LogP contribution in [0, 0.1) is 13.8 Å². The molecule has 19 heavy (non-hydrogen) atoms. The molecule has 0 unspecified atom stereocenters. The minimum Gasteiger partial charge on any atom is -0.368 e. The molecule has 7 nitrogen and oxygen atoms in total. The average molecular weight is 257 g/mol. The SMILES string of the molecule is CCn1nc(C)c(-c2nc(N)nc3nc[nH]c23)c1C. The number of hydrogen-bond acceptors (Lipinski definition) is 5. The fourth-order valence-electron chi connectivity index (χ4n) is 2.38. The molecular weight excluding hydrogens is 242 g/mol. The van der Waals surface area contributed by atoms with Gasteiger partial charge < -0.3 is 10.7 Å². The molecule has 0 aliphatic carbocycles. The molecule has 3 aromatic heterocycles. The first-order valence-electron chi connectivity index (χ1n) is 6.12. The van der Waals surface area contributed by atoms with E-state index in [1.165, 1.54) is 0 Å². The van der Waals surface area contributed by atoms with Gasteiger partial charge in [-0.1, -0.05) is 0 Å². The first kappa shape index (κ1) is 11.6. The molecule has 3 rings (SSSR count). The normalized spacial score (nSPS) is 11.3. The molecular formula is C12H15N7. The summed E-state index contributed by atoms with van der Waals surface area (Å²) in [5.41, 5.74) is 10.9. The van der Waals surface area contributed by atoms with E-state index in [1.54, 1.807) is 6.33 Å². The van der Waals surface area contributed by atoms with Crippen LogP contribution in [0.1, 0.15) is 18.3 Å². The maximum absolute atomic E-state index is 5.76. The van der Waals surface area contributed by atoms with E-state index in [0.29, 0.717) is 5.65 Å². The van der Waals surface area contributed by atoms with Gasteiger partial charge in [-0.2, -0.15) is 10.1 Å². The number of rotatable bonds is 2. The van der Waals surface area contributed by atoms with Crippen molar-refractivity contribution in [3.63, 3.8) is 0 Å². The highest BCUT2D eigenvalue weighted by molar-refractivity contribution is 5.89. The van der Waals surface area contributed by atoms with Gasteiger partial charge in [0, 0.05) is 17.8 Å². The molecule has 3 aromatic rings. The van der Waals surface area contributed by atoms with Crippen molar-refractivity contribution >= 4 is 17.1 Å². The number of nitrogens with one attached hydrogen (secondary N) is 1. The van der Waals surface area contributed by atoms with Crippen LogP contribution in [0.25, 0.3) is 22.4 Å². The van der Waals surface area contributed by atoms with E-state index in [0.717, 1.165) is 34.7 Å². The number of anilines is 1. The van der Waals surface area contributed by atoms with Gasteiger partial charge in [-0.25, -0.2) is 9.97 Å². The van der Waals surface area contributed by atoms with Crippen LogP contribution in [0.15, 0.2) is 6.33 Å². The summed E-state index contributed by atoms with van der Waals surface area (Å²) in [7, 11) is 0. The van der Waals surface area contributed by atoms with E-state index in [9.17, 15) is 0 Å². The van der Waals surface area contributed by atoms with E-state index >= 15 is 0 Å². The fraction of sp³-hybridized carbons (Fsp3) is 0.333. The van der Waals surface area contributed by atoms with Gasteiger partial charge in [0.25, 0.3) is 0 Å². The van der Waals surface area contributed by atoms with E-state index < -0.39 is 0 Å². The third-order valence-electron chi connectivity index (χ3n) is 3.22. The van der Waals surface area contributed by atoms with Crippen molar-refractivity contribution in [1.82, 2.24) is 29.7 Å². The Morgan fingerprint density at radius 2 is 2.11 bits per heavy atom. The van der Waals surface area contributed by atoms with Gasteiger partial charge in [0.15, 0.2) is 5.65 Å². The molecule has 0 spiro atoms. The lowest BCUT2D eigenvalue weighted by Gasteiger charge is -2.04. The number of aromatic amines is 1. The van der Waals surface area contributed by atoms with Crippen molar-refractivity contribution in [2.24, 2.45) is 0 Å². The summed E-state index contributed by atoms with van der Waals surface area (Å²) < 4.78 is 1.95. The third kappa shape index (κ3) is 1.66. The first-order valence-corrected chi connectivity index (χ1v) is 6.12. The quantitative estimate of drug-likeness (QED) is 0.723. The predicted octanol–water partition coefficient (Wildman–Crippen LogP) is 1.44. The van der Waals surface area contributed by atoms with Crippen molar-refractivity contribution in [3.8, 4) is 11.3 Å². The smallest absolute Gasteiger partial charge is 0.222 e. The van der Waals surface area contributed by atoms with Crippen molar-refractivity contribution in [1.29, 1.82) is 0 Å². The minimum absolute atomic E-state index is 0.220. The second-order valence-electron chi connectivity index (χ2n) is 4.39.